The molecule has 1 atom stereocenters. The van der Waals surface area contributed by atoms with E-state index < -0.39 is 6.04 Å². The van der Waals surface area contributed by atoms with Crippen LogP contribution in [0.5, 0.6) is 0 Å². The zero-order valence-electron chi connectivity index (χ0n) is 14.9. The van der Waals surface area contributed by atoms with E-state index in [1.165, 1.54) is 4.90 Å². The van der Waals surface area contributed by atoms with Gasteiger partial charge in [0.05, 0.1) is 19.0 Å². The maximum absolute atomic E-state index is 12.5. The second-order valence-electron chi connectivity index (χ2n) is 6.07. The minimum atomic E-state index is -0.488. The maximum atomic E-state index is 12.5. The molecular formula is C20H23N3O3. The fourth-order valence-electron chi connectivity index (χ4n) is 2.36. The van der Waals surface area contributed by atoms with Crippen LogP contribution >= 0.6 is 0 Å². The van der Waals surface area contributed by atoms with E-state index >= 15 is 0 Å². The molecule has 26 heavy (non-hydrogen) atoms. The molecule has 3 amide bonds. The van der Waals surface area contributed by atoms with Gasteiger partial charge in [0.25, 0.3) is 5.91 Å². The van der Waals surface area contributed by atoms with Crippen LogP contribution in [0.2, 0.25) is 0 Å². The summed E-state index contributed by atoms with van der Waals surface area (Å²) in [5.74, 6) is -0.748. The van der Waals surface area contributed by atoms with Crippen LogP contribution in [0.25, 0.3) is 0 Å². The number of carbonyl (C=O) groups is 3. The Kier molecular flexibility index (Phi) is 6.91. The first-order valence-corrected chi connectivity index (χ1v) is 8.35. The highest BCUT2D eigenvalue weighted by atomic mass is 16.2. The van der Waals surface area contributed by atoms with Crippen molar-refractivity contribution >= 4 is 17.7 Å². The van der Waals surface area contributed by atoms with Gasteiger partial charge in [-0.1, -0.05) is 48.5 Å². The lowest BCUT2D eigenvalue weighted by Crippen LogP contribution is -2.38. The molecule has 0 saturated carbocycles. The molecule has 2 aromatic rings. The van der Waals surface area contributed by atoms with Gasteiger partial charge in [0.1, 0.15) is 0 Å². The van der Waals surface area contributed by atoms with Gasteiger partial charge in [-0.2, -0.15) is 0 Å². The second kappa shape index (κ2) is 9.36. The van der Waals surface area contributed by atoms with Crippen molar-refractivity contribution in [1.82, 2.24) is 15.5 Å². The number of nitrogens with zero attached hydrogens (tertiary/aromatic N) is 1. The van der Waals surface area contributed by atoms with Gasteiger partial charge in [0.15, 0.2) is 0 Å². The molecule has 2 N–H and O–H groups in total. The Bertz CT molecular complexity index is 745. The molecule has 0 heterocycles. The lowest BCUT2D eigenvalue weighted by molar-refractivity contribution is -0.131. The van der Waals surface area contributed by atoms with E-state index in [9.17, 15) is 14.4 Å². The Morgan fingerprint density at radius 2 is 1.50 bits per heavy atom. The van der Waals surface area contributed by atoms with Gasteiger partial charge in [-0.3, -0.25) is 14.4 Å². The Hall–Kier alpha value is -3.15. The van der Waals surface area contributed by atoms with Crippen LogP contribution < -0.4 is 10.6 Å². The molecule has 0 aromatic heterocycles. The first-order valence-electron chi connectivity index (χ1n) is 8.35. The van der Waals surface area contributed by atoms with Crippen LogP contribution in [0.4, 0.5) is 0 Å². The summed E-state index contributed by atoms with van der Waals surface area (Å²) in [6.45, 7) is -0.0695. The molecule has 0 fully saturated rings. The maximum Gasteiger partial charge on any atom is 0.251 e. The predicted octanol–water partition coefficient (Wildman–Crippen LogP) is 1.75. The number of nitrogens with one attached hydrogen (secondary N) is 2. The SMILES string of the molecule is CN(C)C(=O)CNC(=O)C[C@H](NC(=O)c1ccccc1)c1ccccc1. The fourth-order valence-corrected chi connectivity index (χ4v) is 2.36. The van der Waals surface area contributed by atoms with Crippen molar-refractivity contribution in [2.75, 3.05) is 20.6 Å². The molecule has 0 aliphatic rings. The highest BCUT2D eigenvalue weighted by molar-refractivity contribution is 5.94. The first-order chi connectivity index (χ1) is 12.5. The summed E-state index contributed by atoms with van der Waals surface area (Å²) < 4.78 is 0. The molecule has 0 radical (unpaired) electrons. The number of likely N-dealkylation sites (N-methyl/N-ethyl adjacent to an activating group) is 1. The van der Waals surface area contributed by atoms with Gasteiger partial charge in [-0.05, 0) is 17.7 Å². The molecule has 2 rings (SSSR count). The molecule has 0 unspecified atom stereocenters. The van der Waals surface area contributed by atoms with Gasteiger partial charge >= 0.3 is 0 Å². The number of amides is 3. The fraction of sp³-hybridized carbons (Fsp3) is 0.250. The van der Waals surface area contributed by atoms with Crippen LogP contribution in [0.1, 0.15) is 28.4 Å². The number of rotatable bonds is 7. The van der Waals surface area contributed by atoms with Crippen molar-refractivity contribution in [3.05, 3.63) is 71.8 Å². The predicted molar refractivity (Wildman–Crippen MR) is 99.4 cm³/mol. The summed E-state index contributed by atoms with van der Waals surface area (Å²) in [6.07, 6.45) is 0.0449. The van der Waals surface area contributed by atoms with Gasteiger partial charge in [-0.15, -0.1) is 0 Å². The lowest BCUT2D eigenvalue weighted by atomic mass is 10.0. The van der Waals surface area contributed by atoms with Crippen molar-refractivity contribution < 1.29 is 14.4 Å². The molecule has 0 bridgehead atoms. The van der Waals surface area contributed by atoms with Gasteiger partial charge in [0.2, 0.25) is 11.8 Å². The number of hydrogen-bond acceptors (Lipinski definition) is 3. The van der Waals surface area contributed by atoms with Crippen LogP contribution in [0, 0.1) is 0 Å². The van der Waals surface area contributed by atoms with E-state index in [2.05, 4.69) is 10.6 Å². The van der Waals surface area contributed by atoms with Gasteiger partial charge in [0, 0.05) is 19.7 Å². The molecule has 0 aliphatic carbocycles. The van der Waals surface area contributed by atoms with Crippen LogP contribution in [-0.2, 0) is 9.59 Å². The van der Waals surface area contributed by atoms with E-state index in [0.29, 0.717) is 5.56 Å². The van der Waals surface area contributed by atoms with Crippen LogP contribution in [0.15, 0.2) is 60.7 Å². The molecule has 0 spiro atoms. The summed E-state index contributed by atoms with van der Waals surface area (Å²) in [7, 11) is 3.25. The second-order valence-corrected chi connectivity index (χ2v) is 6.07. The average molecular weight is 353 g/mol. The molecule has 0 saturated heterocycles. The summed E-state index contributed by atoms with van der Waals surface area (Å²) >= 11 is 0. The van der Waals surface area contributed by atoms with E-state index in [0.717, 1.165) is 5.56 Å². The van der Waals surface area contributed by atoms with Gasteiger partial charge < -0.3 is 15.5 Å². The third kappa shape index (κ3) is 5.73. The Labute approximate surface area is 153 Å². The molecule has 2 aromatic carbocycles. The largest absolute Gasteiger partial charge is 0.347 e. The van der Waals surface area contributed by atoms with Crippen molar-refractivity contribution in [1.29, 1.82) is 0 Å². The minimum absolute atomic E-state index is 0.0449. The molecule has 6 heteroatoms. The Morgan fingerprint density at radius 3 is 2.08 bits per heavy atom. The number of carbonyl (C=O) groups excluding carboxylic acids is 3. The Morgan fingerprint density at radius 1 is 0.923 bits per heavy atom. The summed E-state index contributed by atoms with van der Waals surface area (Å²) in [4.78, 5) is 37.7. The first kappa shape index (κ1) is 19.2. The topological polar surface area (TPSA) is 78.5 Å². The van der Waals surface area contributed by atoms with Crippen LogP contribution in [-0.4, -0.2) is 43.3 Å². The summed E-state index contributed by atoms with van der Waals surface area (Å²) in [5.41, 5.74) is 1.35. The Balaban J connectivity index is 2.06. The smallest absolute Gasteiger partial charge is 0.251 e. The van der Waals surface area contributed by atoms with E-state index in [4.69, 9.17) is 0 Å². The minimum Gasteiger partial charge on any atom is -0.347 e. The molecule has 0 aliphatic heterocycles. The normalized spacial score (nSPS) is 11.3. The monoisotopic (exact) mass is 353 g/mol. The van der Waals surface area contributed by atoms with Crippen LogP contribution in [0.3, 0.4) is 0 Å². The van der Waals surface area contributed by atoms with E-state index in [1.54, 1.807) is 38.4 Å². The zero-order chi connectivity index (χ0) is 18.9. The standard InChI is InChI=1S/C20H23N3O3/c1-23(2)19(25)14-21-18(24)13-17(15-9-5-3-6-10-15)22-20(26)16-11-7-4-8-12-16/h3-12,17H,13-14H2,1-2H3,(H,21,24)(H,22,26)/t17-/m0/s1. The van der Waals surface area contributed by atoms with Crippen molar-refractivity contribution in [2.45, 2.75) is 12.5 Å². The quantitative estimate of drug-likeness (QED) is 0.796. The molecule has 136 valence electrons. The number of benzene rings is 2. The highest BCUT2D eigenvalue weighted by Gasteiger charge is 2.19. The summed E-state index contributed by atoms with van der Waals surface area (Å²) in [5, 5.41) is 5.49. The highest BCUT2D eigenvalue weighted by Crippen LogP contribution is 2.17. The van der Waals surface area contributed by atoms with Crippen molar-refractivity contribution in [2.24, 2.45) is 0 Å². The van der Waals surface area contributed by atoms with E-state index in [1.807, 2.05) is 36.4 Å². The third-order valence-corrected chi connectivity index (χ3v) is 3.87. The molecule has 6 nitrogen and oxygen atoms in total. The molecular weight excluding hydrogens is 330 g/mol. The summed E-state index contributed by atoms with van der Waals surface area (Å²) in [6, 6.07) is 17.6. The number of hydrogen-bond donors (Lipinski definition) is 2. The third-order valence-electron chi connectivity index (χ3n) is 3.87. The average Bonchev–Trinajstić information content (AvgIpc) is 2.66. The van der Waals surface area contributed by atoms with E-state index in [-0.39, 0.29) is 30.7 Å². The zero-order valence-corrected chi connectivity index (χ0v) is 14.9. The lowest BCUT2D eigenvalue weighted by Gasteiger charge is -2.19. The van der Waals surface area contributed by atoms with Gasteiger partial charge in [-0.25, -0.2) is 0 Å². The van der Waals surface area contributed by atoms with Crippen molar-refractivity contribution in [3.8, 4) is 0 Å². The van der Waals surface area contributed by atoms with Crippen molar-refractivity contribution in [3.63, 3.8) is 0 Å².